The number of nitrogens with zero attached hydrogens (tertiary/aromatic N) is 1. The van der Waals surface area contributed by atoms with E-state index in [-0.39, 0.29) is 24.2 Å². The third-order valence-corrected chi connectivity index (χ3v) is 3.04. The molecular weight excluding hydrogens is 193 g/mol. The van der Waals surface area contributed by atoms with Crippen LogP contribution in [-0.4, -0.2) is 23.9 Å². The van der Waals surface area contributed by atoms with Crippen LogP contribution in [0.3, 0.4) is 0 Å². The first-order valence-electron chi connectivity index (χ1n) is 5.55. The molecular formula is C12H16FNO. The number of amides is 1. The molecule has 0 saturated carbocycles. The summed E-state index contributed by atoms with van der Waals surface area (Å²) < 4.78 is 13.0. The predicted molar refractivity (Wildman–Crippen MR) is 56.9 cm³/mol. The third kappa shape index (κ3) is 2.46. The molecule has 15 heavy (non-hydrogen) atoms. The maximum absolute atomic E-state index is 13.0. The monoisotopic (exact) mass is 209 g/mol. The molecule has 0 radical (unpaired) electrons. The smallest absolute Gasteiger partial charge is 0.226 e. The molecule has 0 aromatic rings. The van der Waals surface area contributed by atoms with Crippen LogP contribution < -0.4 is 0 Å². The van der Waals surface area contributed by atoms with E-state index in [4.69, 9.17) is 0 Å². The largest absolute Gasteiger partial charge is 0.335 e. The highest BCUT2D eigenvalue weighted by Gasteiger charge is 2.25. The van der Waals surface area contributed by atoms with E-state index in [1.165, 1.54) is 0 Å². The second-order valence-electron chi connectivity index (χ2n) is 4.18. The fraction of sp³-hybridized carbons (Fsp3) is 0.583. The molecule has 0 fully saturated rings. The molecule has 1 aliphatic carbocycles. The van der Waals surface area contributed by atoms with Crippen molar-refractivity contribution in [3.05, 3.63) is 24.1 Å². The van der Waals surface area contributed by atoms with Crippen molar-refractivity contribution in [1.82, 2.24) is 4.90 Å². The summed E-state index contributed by atoms with van der Waals surface area (Å²) in [4.78, 5) is 13.6. The van der Waals surface area contributed by atoms with Gasteiger partial charge in [-0.2, -0.15) is 0 Å². The quantitative estimate of drug-likeness (QED) is 0.607. The lowest BCUT2D eigenvalue weighted by molar-refractivity contribution is -0.135. The van der Waals surface area contributed by atoms with Crippen molar-refractivity contribution in [2.24, 2.45) is 5.92 Å². The maximum atomic E-state index is 13.0. The van der Waals surface area contributed by atoms with Crippen molar-refractivity contribution in [3.8, 4) is 0 Å². The van der Waals surface area contributed by atoms with Crippen molar-refractivity contribution in [3.63, 3.8) is 0 Å². The lowest BCUT2D eigenvalue weighted by atomic mass is 9.93. The van der Waals surface area contributed by atoms with Crippen LogP contribution in [0.4, 0.5) is 4.39 Å². The van der Waals surface area contributed by atoms with Gasteiger partial charge in [-0.25, -0.2) is 4.39 Å². The predicted octanol–water partition coefficient (Wildman–Crippen LogP) is 2.43. The van der Waals surface area contributed by atoms with Gasteiger partial charge in [-0.15, -0.1) is 0 Å². The summed E-state index contributed by atoms with van der Waals surface area (Å²) >= 11 is 0. The minimum atomic E-state index is -0.166. The Morgan fingerprint density at radius 1 is 1.40 bits per heavy atom. The molecule has 1 amide bonds. The van der Waals surface area contributed by atoms with Crippen LogP contribution in [0.1, 0.15) is 25.7 Å². The van der Waals surface area contributed by atoms with Crippen LogP contribution in [0.25, 0.3) is 0 Å². The van der Waals surface area contributed by atoms with Gasteiger partial charge in [-0.1, -0.05) is 12.2 Å². The van der Waals surface area contributed by atoms with E-state index in [1.807, 2.05) is 0 Å². The molecule has 82 valence electrons. The van der Waals surface area contributed by atoms with E-state index >= 15 is 0 Å². The number of carbonyl (C=O) groups is 1. The van der Waals surface area contributed by atoms with E-state index in [0.29, 0.717) is 13.0 Å². The van der Waals surface area contributed by atoms with Crippen molar-refractivity contribution >= 4 is 5.91 Å². The lowest BCUT2D eigenvalue weighted by Gasteiger charge is -2.29. The Balaban J connectivity index is 1.95. The first-order valence-corrected chi connectivity index (χ1v) is 5.55. The molecule has 2 rings (SSSR count). The third-order valence-electron chi connectivity index (χ3n) is 3.04. The van der Waals surface area contributed by atoms with E-state index in [0.717, 1.165) is 19.3 Å². The Kier molecular flexibility index (Phi) is 3.19. The second kappa shape index (κ2) is 4.60. The van der Waals surface area contributed by atoms with Crippen molar-refractivity contribution in [1.29, 1.82) is 0 Å². The lowest BCUT2D eigenvalue weighted by Crippen LogP contribution is -2.39. The van der Waals surface area contributed by atoms with E-state index in [2.05, 4.69) is 12.2 Å². The molecule has 1 unspecified atom stereocenters. The topological polar surface area (TPSA) is 20.3 Å². The van der Waals surface area contributed by atoms with Gasteiger partial charge in [0.25, 0.3) is 0 Å². The average Bonchev–Trinajstić information content (AvgIpc) is 2.29. The minimum absolute atomic E-state index is 0.0842. The van der Waals surface area contributed by atoms with Crippen LogP contribution in [0, 0.1) is 5.92 Å². The Labute approximate surface area is 89.4 Å². The zero-order chi connectivity index (χ0) is 10.7. The Hall–Kier alpha value is -1.12. The Morgan fingerprint density at radius 3 is 2.93 bits per heavy atom. The van der Waals surface area contributed by atoms with E-state index in [1.54, 1.807) is 11.0 Å². The molecule has 0 saturated heterocycles. The normalized spacial score (nSPS) is 26.3. The van der Waals surface area contributed by atoms with Crippen LogP contribution in [0.2, 0.25) is 0 Å². The second-order valence-corrected chi connectivity index (χ2v) is 4.18. The number of halogens is 1. The molecule has 2 aliphatic rings. The summed E-state index contributed by atoms with van der Waals surface area (Å²) in [5, 5.41) is 0. The van der Waals surface area contributed by atoms with Gasteiger partial charge in [0.1, 0.15) is 5.83 Å². The van der Waals surface area contributed by atoms with Crippen molar-refractivity contribution < 1.29 is 9.18 Å². The zero-order valence-electron chi connectivity index (χ0n) is 8.79. The fourth-order valence-corrected chi connectivity index (χ4v) is 2.17. The average molecular weight is 209 g/mol. The first-order chi connectivity index (χ1) is 7.27. The summed E-state index contributed by atoms with van der Waals surface area (Å²) in [5.74, 6) is 0.0458. The van der Waals surface area contributed by atoms with Gasteiger partial charge in [0.05, 0.1) is 6.54 Å². The molecule has 3 heteroatoms. The molecule has 1 aliphatic heterocycles. The Bertz CT molecular complexity index is 309. The number of rotatable bonds is 1. The fourth-order valence-electron chi connectivity index (χ4n) is 2.17. The summed E-state index contributed by atoms with van der Waals surface area (Å²) in [6.45, 7) is 0.853. The number of hydrogen-bond acceptors (Lipinski definition) is 1. The van der Waals surface area contributed by atoms with Crippen molar-refractivity contribution in [2.75, 3.05) is 13.1 Å². The van der Waals surface area contributed by atoms with Gasteiger partial charge in [0, 0.05) is 12.5 Å². The van der Waals surface area contributed by atoms with Gasteiger partial charge in [-0.3, -0.25) is 4.79 Å². The summed E-state index contributed by atoms with van der Waals surface area (Å²) in [6, 6.07) is 0. The molecule has 0 N–H and O–H groups in total. The number of hydrogen-bond donors (Lipinski definition) is 0. The minimum Gasteiger partial charge on any atom is -0.335 e. The maximum Gasteiger partial charge on any atom is 0.226 e. The van der Waals surface area contributed by atoms with Gasteiger partial charge in [0.2, 0.25) is 5.91 Å². The van der Waals surface area contributed by atoms with Gasteiger partial charge in [-0.05, 0) is 31.8 Å². The molecule has 1 heterocycles. The van der Waals surface area contributed by atoms with Crippen LogP contribution >= 0.6 is 0 Å². The Morgan fingerprint density at radius 2 is 2.27 bits per heavy atom. The molecule has 2 nitrogen and oxygen atoms in total. The number of allylic oxidation sites excluding steroid dienone is 2. The first kappa shape index (κ1) is 10.4. The highest BCUT2D eigenvalue weighted by Crippen LogP contribution is 2.22. The summed E-state index contributed by atoms with van der Waals surface area (Å²) in [5.41, 5.74) is 0. The molecule has 0 bridgehead atoms. The summed E-state index contributed by atoms with van der Waals surface area (Å²) in [6.07, 6.45) is 9.10. The van der Waals surface area contributed by atoms with E-state index < -0.39 is 0 Å². The van der Waals surface area contributed by atoms with Gasteiger partial charge < -0.3 is 4.90 Å². The highest BCUT2D eigenvalue weighted by atomic mass is 19.1. The SMILES string of the molecule is O=C(C1CC=CCC1)N1CCC=C(F)C1. The van der Waals surface area contributed by atoms with Gasteiger partial charge >= 0.3 is 0 Å². The molecule has 0 aromatic carbocycles. The summed E-state index contributed by atoms with van der Waals surface area (Å²) in [7, 11) is 0. The molecule has 1 atom stereocenters. The van der Waals surface area contributed by atoms with Crippen LogP contribution in [0.15, 0.2) is 24.1 Å². The molecule has 0 spiro atoms. The highest BCUT2D eigenvalue weighted by molar-refractivity contribution is 5.79. The molecule has 0 aromatic heterocycles. The van der Waals surface area contributed by atoms with Crippen LogP contribution in [-0.2, 0) is 4.79 Å². The van der Waals surface area contributed by atoms with Gasteiger partial charge in [0.15, 0.2) is 0 Å². The van der Waals surface area contributed by atoms with Crippen LogP contribution in [0.5, 0.6) is 0 Å². The van der Waals surface area contributed by atoms with E-state index in [9.17, 15) is 9.18 Å². The van der Waals surface area contributed by atoms with Crippen molar-refractivity contribution in [2.45, 2.75) is 25.7 Å². The number of carbonyl (C=O) groups excluding carboxylic acids is 1. The zero-order valence-corrected chi connectivity index (χ0v) is 8.79. The standard InChI is InChI=1S/C12H16FNO/c13-11-7-4-8-14(9-11)12(15)10-5-2-1-3-6-10/h1-2,7,10H,3-6,8-9H2.